The van der Waals surface area contributed by atoms with Gasteiger partial charge in [0.05, 0.1) is 0 Å². The molecule has 0 aromatic rings. The van der Waals surface area contributed by atoms with Crippen LogP contribution < -0.4 is 5.32 Å². The minimum Gasteiger partial charge on any atom is -0.317 e. The summed E-state index contributed by atoms with van der Waals surface area (Å²) in [5.74, 6) is 1.65. The Labute approximate surface area is 108 Å². The zero-order valence-corrected chi connectivity index (χ0v) is 12.2. The van der Waals surface area contributed by atoms with E-state index in [4.69, 9.17) is 0 Å². The minimum absolute atomic E-state index is 0.796. The predicted molar refractivity (Wildman–Crippen MR) is 79.3 cm³/mol. The van der Waals surface area contributed by atoms with E-state index in [1.165, 1.54) is 25.8 Å². The third-order valence-corrected chi connectivity index (χ3v) is 3.40. The van der Waals surface area contributed by atoms with Crippen molar-refractivity contribution in [1.29, 1.82) is 0 Å². The smallest absolute Gasteiger partial charge is 0.00463 e. The molecule has 1 N–H and O–H groups in total. The molecule has 0 aromatic heterocycles. The maximum absolute atomic E-state index is 3.42. The Morgan fingerprint density at radius 1 is 1.06 bits per heavy atom. The van der Waals surface area contributed by atoms with Crippen LogP contribution in [0.5, 0.6) is 0 Å². The summed E-state index contributed by atoms with van der Waals surface area (Å²) in [6.07, 6.45) is 13.8. The van der Waals surface area contributed by atoms with Crippen LogP contribution >= 0.6 is 0 Å². The molecule has 0 rings (SSSR count). The van der Waals surface area contributed by atoms with Gasteiger partial charge in [-0.2, -0.15) is 0 Å². The van der Waals surface area contributed by atoms with E-state index in [2.05, 4.69) is 57.3 Å². The fraction of sp³-hybridized carbons (Fsp3) is 0.750. The summed E-state index contributed by atoms with van der Waals surface area (Å²) >= 11 is 0. The zero-order chi connectivity index (χ0) is 12.9. The van der Waals surface area contributed by atoms with Gasteiger partial charge in [0.2, 0.25) is 0 Å². The summed E-state index contributed by atoms with van der Waals surface area (Å²) in [6, 6.07) is 0. The zero-order valence-electron chi connectivity index (χ0n) is 12.2. The molecule has 0 fully saturated rings. The van der Waals surface area contributed by atoms with Crippen LogP contribution in [0.15, 0.2) is 24.3 Å². The molecule has 1 nitrogen and oxygen atoms in total. The van der Waals surface area contributed by atoms with E-state index in [0.717, 1.165) is 24.8 Å². The highest BCUT2D eigenvalue weighted by molar-refractivity contribution is 5.02. The third kappa shape index (κ3) is 9.17. The van der Waals surface area contributed by atoms with E-state index in [-0.39, 0.29) is 0 Å². The van der Waals surface area contributed by atoms with E-state index in [1.54, 1.807) is 0 Å². The second-order valence-electron chi connectivity index (χ2n) is 4.79. The summed E-state index contributed by atoms with van der Waals surface area (Å²) in [4.78, 5) is 0. The molecule has 1 heteroatoms. The van der Waals surface area contributed by atoms with Crippen LogP contribution in [-0.2, 0) is 0 Å². The van der Waals surface area contributed by atoms with Crippen molar-refractivity contribution < 1.29 is 0 Å². The van der Waals surface area contributed by atoms with Crippen molar-refractivity contribution in [2.75, 3.05) is 13.1 Å². The molecule has 100 valence electrons. The number of hydrogen-bond donors (Lipinski definition) is 1. The standard InChI is InChI=1S/C16H31N/c1-5-8-9-10-11-12-15(4)16(6-2)13-14-17-7-3/h8-11,15-17H,5-7,12-14H2,1-4H3/b9-8-,11-10-. The van der Waals surface area contributed by atoms with Gasteiger partial charge >= 0.3 is 0 Å². The monoisotopic (exact) mass is 237 g/mol. The van der Waals surface area contributed by atoms with Crippen molar-refractivity contribution in [2.24, 2.45) is 11.8 Å². The van der Waals surface area contributed by atoms with Gasteiger partial charge in [0, 0.05) is 0 Å². The van der Waals surface area contributed by atoms with Gasteiger partial charge in [-0.15, -0.1) is 0 Å². The first kappa shape index (κ1) is 16.4. The lowest BCUT2D eigenvalue weighted by atomic mass is 9.86. The molecule has 0 bridgehead atoms. The first-order chi connectivity index (χ1) is 8.26. The Bertz CT molecular complexity index is 206. The van der Waals surface area contributed by atoms with Gasteiger partial charge in [0.15, 0.2) is 0 Å². The molecule has 2 atom stereocenters. The first-order valence-electron chi connectivity index (χ1n) is 7.28. The molecule has 0 aromatic carbocycles. The van der Waals surface area contributed by atoms with Crippen molar-refractivity contribution in [2.45, 2.75) is 53.4 Å². The molecule has 0 spiro atoms. The highest BCUT2D eigenvalue weighted by atomic mass is 14.8. The fourth-order valence-electron chi connectivity index (χ4n) is 2.13. The minimum atomic E-state index is 0.796. The van der Waals surface area contributed by atoms with Gasteiger partial charge in [0.25, 0.3) is 0 Å². The lowest BCUT2D eigenvalue weighted by molar-refractivity contribution is 0.324. The first-order valence-corrected chi connectivity index (χ1v) is 7.28. The fourth-order valence-corrected chi connectivity index (χ4v) is 2.13. The maximum atomic E-state index is 3.42. The van der Waals surface area contributed by atoms with E-state index in [1.807, 2.05) is 0 Å². The van der Waals surface area contributed by atoms with Crippen molar-refractivity contribution in [3.8, 4) is 0 Å². The average molecular weight is 237 g/mol. The molecule has 0 aliphatic heterocycles. The van der Waals surface area contributed by atoms with Crippen LogP contribution in [-0.4, -0.2) is 13.1 Å². The Balaban J connectivity index is 3.86. The van der Waals surface area contributed by atoms with Gasteiger partial charge in [0.1, 0.15) is 0 Å². The third-order valence-electron chi connectivity index (χ3n) is 3.40. The van der Waals surface area contributed by atoms with Crippen LogP contribution in [0, 0.1) is 11.8 Å². The van der Waals surface area contributed by atoms with Crippen molar-refractivity contribution in [1.82, 2.24) is 5.32 Å². The molecular formula is C16H31N. The Kier molecular flexibility index (Phi) is 11.5. The summed E-state index contributed by atoms with van der Waals surface area (Å²) in [7, 11) is 0. The number of rotatable bonds is 10. The number of nitrogens with one attached hydrogen (secondary N) is 1. The lowest BCUT2D eigenvalue weighted by Gasteiger charge is -2.21. The van der Waals surface area contributed by atoms with Gasteiger partial charge in [-0.25, -0.2) is 0 Å². The van der Waals surface area contributed by atoms with Gasteiger partial charge in [-0.3, -0.25) is 0 Å². The number of allylic oxidation sites excluding steroid dienone is 4. The van der Waals surface area contributed by atoms with Crippen LogP contribution in [0.1, 0.15) is 53.4 Å². The predicted octanol–water partition coefficient (Wildman–Crippen LogP) is 4.56. The van der Waals surface area contributed by atoms with E-state index >= 15 is 0 Å². The number of hydrogen-bond acceptors (Lipinski definition) is 1. The maximum Gasteiger partial charge on any atom is -0.00463 e. The molecule has 0 saturated heterocycles. The summed E-state index contributed by atoms with van der Waals surface area (Å²) in [6.45, 7) is 11.3. The molecular weight excluding hydrogens is 206 g/mol. The molecule has 0 saturated carbocycles. The van der Waals surface area contributed by atoms with E-state index < -0.39 is 0 Å². The second-order valence-corrected chi connectivity index (χ2v) is 4.79. The molecule has 17 heavy (non-hydrogen) atoms. The van der Waals surface area contributed by atoms with Crippen LogP contribution in [0.4, 0.5) is 0 Å². The molecule has 0 amide bonds. The Morgan fingerprint density at radius 2 is 1.76 bits per heavy atom. The molecule has 0 aliphatic carbocycles. The SMILES string of the molecule is CC/C=C\C=C/CC(C)C(CC)CCNCC. The van der Waals surface area contributed by atoms with Crippen LogP contribution in [0.2, 0.25) is 0 Å². The summed E-state index contributed by atoms with van der Waals surface area (Å²) in [5, 5.41) is 3.42. The highest BCUT2D eigenvalue weighted by Gasteiger charge is 2.13. The largest absolute Gasteiger partial charge is 0.317 e. The van der Waals surface area contributed by atoms with Crippen molar-refractivity contribution in [3.63, 3.8) is 0 Å². The second kappa shape index (κ2) is 11.9. The molecule has 2 unspecified atom stereocenters. The normalized spacial score (nSPS) is 15.8. The topological polar surface area (TPSA) is 12.0 Å². The highest BCUT2D eigenvalue weighted by Crippen LogP contribution is 2.22. The van der Waals surface area contributed by atoms with Gasteiger partial charge in [-0.05, 0) is 44.2 Å². The quantitative estimate of drug-likeness (QED) is 0.434. The van der Waals surface area contributed by atoms with E-state index in [0.29, 0.717) is 0 Å². The van der Waals surface area contributed by atoms with Crippen molar-refractivity contribution in [3.05, 3.63) is 24.3 Å². The van der Waals surface area contributed by atoms with Crippen LogP contribution in [0.3, 0.4) is 0 Å². The summed E-state index contributed by atoms with van der Waals surface area (Å²) < 4.78 is 0. The average Bonchev–Trinajstić information content (AvgIpc) is 2.34. The summed E-state index contributed by atoms with van der Waals surface area (Å²) in [5.41, 5.74) is 0. The van der Waals surface area contributed by atoms with Crippen LogP contribution in [0.25, 0.3) is 0 Å². The molecule has 0 heterocycles. The van der Waals surface area contributed by atoms with Gasteiger partial charge in [-0.1, -0.05) is 58.4 Å². The molecule has 0 radical (unpaired) electrons. The lowest BCUT2D eigenvalue weighted by Crippen LogP contribution is -2.20. The van der Waals surface area contributed by atoms with E-state index in [9.17, 15) is 0 Å². The molecule has 0 aliphatic rings. The Hall–Kier alpha value is -0.560. The van der Waals surface area contributed by atoms with Crippen molar-refractivity contribution >= 4 is 0 Å². The Morgan fingerprint density at radius 3 is 2.35 bits per heavy atom. The van der Waals surface area contributed by atoms with Gasteiger partial charge < -0.3 is 5.32 Å².